The summed E-state index contributed by atoms with van der Waals surface area (Å²) in [6.45, 7) is 5.12. The average Bonchev–Trinajstić information content (AvgIpc) is 2.14. The number of nitrogens with one attached hydrogen (secondary N) is 1. The minimum Gasteiger partial charge on any atom is -0.368 e. The summed E-state index contributed by atoms with van der Waals surface area (Å²) >= 11 is 0. The van der Waals surface area contributed by atoms with Crippen molar-refractivity contribution in [3.8, 4) is 0 Å². The van der Waals surface area contributed by atoms with Crippen molar-refractivity contribution in [2.45, 2.75) is 45.2 Å². The number of hydrogen-bond donors (Lipinski definition) is 5. The second-order valence-corrected chi connectivity index (χ2v) is 3.91. The first kappa shape index (κ1) is 14.3. The summed E-state index contributed by atoms with van der Waals surface area (Å²) in [7, 11) is 0. The predicted octanol–water partition coefficient (Wildman–Crippen LogP) is -1.54. The molecule has 0 heterocycles. The van der Waals surface area contributed by atoms with Gasteiger partial charge in [-0.1, -0.05) is 20.3 Å². The first-order valence-electron chi connectivity index (χ1n) is 4.99. The maximum absolute atomic E-state index is 10.7. The van der Waals surface area contributed by atoms with E-state index in [0.29, 0.717) is 6.42 Å². The summed E-state index contributed by atoms with van der Waals surface area (Å²) in [6, 6.07) is -1.74. The Hall–Kier alpha value is -0.690. The molecule has 6 nitrogen and oxygen atoms in total. The molecule has 0 aliphatic carbocycles. The largest absolute Gasteiger partial charge is 0.368 e. The lowest BCUT2D eigenvalue weighted by molar-refractivity contribution is -0.213. The third-order valence-electron chi connectivity index (χ3n) is 2.58. The van der Waals surface area contributed by atoms with Crippen LogP contribution >= 0.6 is 0 Å². The zero-order valence-electron chi connectivity index (χ0n) is 9.40. The number of rotatable bonds is 6. The van der Waals surface area contributed by atoms with Gasteiger partial charge in [0.1, 0.15) is 0 Å². The number of amides is 1. The Labute approximate surface area is 89.6 Å². The maximum atomic E-state index is 10.7. The van der Waals surface area contributed by atoms with E-state index in [-0.39, 0.29) is 5.92 Å². The molecule has 0 aromatic carbocycles. The molecule has 1 amide bonds. The van der Waals surface area contributed by atoms with E-state index in [1.54, 1.807) is 6.92 Å². The van der Waals surface area contributed by atoms with Crippen LogP contribution in [0.4, 0.5) is 0 Å². The lowest BCUT2D eigenvalue weighted by Crippen LogP contribution is -2.64. The minimum absolute atomic E-state index is 0.0902. The molecule has 0 radical (unpaired) electrons. The zero-order chi connectivity index (χ0) is 12.2. The fourth-order valence-corrected chi connectivity index (χ4v) is 1.14. The van der Waals surface area contributed by atoms with Crippen LogP contribution in [0.3, 0.4) is 0 Å². The van der Waals surface area contributed by atoms with Gasteiger partial charge in [-0.3, -0.25) is 10.1 Å². The number of carbonyl (C=O) groups is 1. The van der Waals surface area contributed by atoms with Gasteiger partial charge in [-0.25, -0.2) is 0 Å². The number of primary amides is 1. The number of aliphatic hydroxyl groups is 2. The van der Waals surface area contributed by atoms with Crippen molar-refractivity contribution in [1.82, 2.24) is 5.32 Å². The van der Waals surface area contributed by atoms with Crippen LogP contribution in [0, 0.1) is 5.92 Å². The van der Waals surface area contributed by atoms with E-state index in [2.05, 4.69) is 5.32 Å². The van der Waals surface area contributed by atoms with E-state index in [4.69, 9.17) is 11.5 Å². The molecule has 0 fully saturated rings. The topological polar surface area (TPSA) is 122 Å². The summed E-state index contributed by atoms with van der Waals surface area (Å²) in [5.74, 6) is -3.05. The fraction of sp³-hybridized carbons (Fsp3) is 0.889. The molecule has 0 saturated heterocycles. The van der Waals surface area contributed by atoms with Gasteiger partial charge in [-0.15, -0.1) is 0 Å². The number of nitrogens with two attached hydrogens (primary N) is 2. The molecule has 0 spiro atoms. The van der Waals surface area contributed by atoms with Gasteiger partial charge in [-0.05, 0) is 12.8 Å². The Morgan fingerprint density at radius 3 is 2.27 bits per heavy atom. The maximum Gasteiger partial charge on any atom is 0.239 e. The highest BCUT2D eigenvalue weighted by Crippen LogP contribution is 2.14. The quantitative estimate of drug-likeness (QED) is 0.347. The monoisotopic (exact) mass is 219 g/mol. The van der Waals surface area contributed by atoms with Gasteiger partial charge < -0.3 is 21.7 Å². The molecule has 6 heteroatoms. The van der Waals surface area contributed by atoms with Crippen LogP contribution in [-0.4, -0.2) is 34.1 Å². The summed E-state index contributed by atoms with van der Waals surface area (Å²) in [5, 5.41) is 21.5. The minimum atomic E-state index is -2.29. The predicted molar refractivity (Wildman–Crippen MR) is 56.4 cm³/mol. The molecule has 0 aromatic rings. The molecule has 0 unspecified atom stereocenters. The lowest BCUT2D eigenvalue weighted by Gasteiger charge is -2.34. The van der Waals surface area contributed by atoms with E-state index < -0.39 is 23.9 Å². The molecule has 0 aromatic heterocycles. The molecule has 0 rings (SSSR count). The van der Waals surface area contributed by atoms with Gasteiger partial charge >= 0.3 is 0 Å². The van der Waals surface area contributed by atoms with Gasteiger partial charge in [-0.2, -0.15) is 0 Å². The molecule has 15 heavy (non-hydrogen) atoms. The Kier molecular flexibility index (Phi) is 5.16. The van der Waals surface area contributed by atoms with E-state index in [1.807, 2.05) is 6.92 Å². The van der Waals surface area contributed by atoms with Crippen molar-refractivity contribution >= 4 is 5.91 Å². The molecular formula is C9H21N3O3. The molecule has 0 aliphatic rings. The third-order valence-corrected chi connectivity index (χ3v) is 2.58. The molecule has 0 saturated carbocycles. The second-order valence-electron chi connectivity index (χ2n) is 3.91. The Morgan fingerprint density at radius 2 is 1.93 bits per heavy atom. The number of carbonyl (C=O) groups excluding carboxylic acids is 1. The van der Waals surface area contributed by atoms with Crippen LogP contribution in [-0.2, 0) is 4.79 Å². The van der Waals surface area contributed by atoms with E-state index in [1.165, 1.54) is 6.92 Å². The molecule has 0 bridgehead atoms. The van der Waals surface area contributed by atoms with Gasteiger partial charge in [0.05, 0.1) is 12.1 Å². The van der Waals surface area contributed by atoms with Crippen molar-refractivity contribution in [3.63, 3.8) is 0 Å². The van der Waals surface area contributed by atoms with Crippen LogP contribution in [0.2, 0.25) is 0 Å². The summed E-state index contributed by atoms with van der Waals surface area (Å²) in [5.41, 5.74) is 10.6. The third kappa shape index (κ3) is 4.13. The van der Waals surface area contributed by atoms with E-state index in [0.717, 1.165) is 0 Å². The Bertz CT molecular complexity index is 221. The lowest BCUT2D eigenvalue weighted by atomic mass is 9.96. The van der Waals surface area contributed by atoms with Crippen LogP contribution in [0.25, 0.3) is 0 Å². The van der Waals surface area contributed by atoms with E-state index >= 15 is 0 Å². The standard InChI is InChI=1S/C9H21N3O3/c1-4-5(2)7(10)9(14,15)12-6(3)8(11)13/h5-7,12,14-15H,4,10H2,1-3H3,(H2,11,13)/t5-,6-,7-/m0/s1. The number of hydrogen-bond acceptors (Lipinski definition) is 5. The normalized spacial score (nSPS) is 18.3. The van der Waals surface area contributed by atoms with Crippen LogP contribution in [0.15, 0.2) is 0 Å². The van der Waals surface area contributed by atoms with Crippen molar-refractivity contribution < 1.29 is 15.0 Å². The smallest absolute Gasteiger partial charge is 0.239 e. The fourth-order valence-electron chi connectivity index (χ4n) is 1.14. The van der Waals surface area contributed by atoms with E-state index in [9.17, 15) is 15.0 Å². The van der Waals surface area contributed by atoms with Crippen molar-refractivity contribution in [3.05, 3.63) is 0 Å². The van der Waals surface area contributed by atoms with Gasteiger partial charge in [0.25, 0.3) is 0 Å². The average molecular weight is 219 g/mol. The van der Waals surface area contributed by atoms with Gasteiger partial charge in [0.2, 0.25) is 11.8 Å². The second kappa shape index (κ2) is 5.41. The molecule has 7 N–H and O–H groups in total. The first-order chi connectivity index (χ1) is 6.72. The summed E-state index contributed by atoms with van der Waals surface area (Å²) in [6.07, 6.45) is 0.705. The Morgan fingerprint density at radius 1 is 1.47 bits per heavy atom. The highest BCUT2D eigenvalue weighted by molar-refractivity contribution is 5.79. The molecule has 3 atom stereocenters. The van der Waals surface area contributed by atoms with Crippen molar-refractivity contribution in [2.24, 2.45) is 17.4 Å². The summed E-state index contributed by atoms with van der Waals surface area (Å²) < 4.78 is 0. The SMILES string of the molecule is CC[C@H](C)[C@H](N)C(O)(O)N[C@@H](C)C(N)=O. The van der Waals surface area contributed by atoms with Crippen LogP contribution < -0.4 is 16.8 Å². The van der Waals surface area contributed by atoms with Gasteiger partial charge in [0.15, 0.2) is 0 Å². The highest BCUT2D eigenvalue weighted by atomic mass is 16.5. The van der Waals surface area contributed by atoms with Gasteiger partial charge in [0, 0.05) is 0 Å². The van der Waals surface area contributed by atoms with Crippen molar-refractivity contribution in [1.29, 1.82) is 0 Å². The highest BCUT2D eigenvalue weighted by Gasteiger charge is 2.36. The van der Waals surface area contributed by atoms with Crippen LogP contribution in [0.1, 0.15) is 27.2 Å². The molecule has 90 valence electrons. The van der Waals surface area contributed by atoms with Crippen LogP contribution in [0.5, 0.6) is 0 Å². The first-order valence-corrected chi connectivity index (χ1v) is 4.99. The van der Waals surface area contributed by atoms with Crippen molar-refractivity contribution in [2.75, 3.05) is 0 Å². The zero-order valence-corrected chi connectivity index (χ0v) is 9.40. The molecule has 0 aliphatic heterocycles. The Balaban J connectivity index is 4.46. The molecular weight excluding hydrogens is 198 g/mol. The summed E-state index contributed by atoms with van der Waals surface area (Å²) in [4.78, 5) is 10.7.